The number of benzene rings is 3. The monoisotopic (exact) mass is 279 g/mol. The normalized spacial score (nSPS) is 12.5. The number of hydrogen-bond acceptors (Lipinski definition) is 1. The first-order valence-corrected chi connectivity index (χ1v) is 7.19. The van der Waals surface area contributed by atoms with Crippen LogP contribution in [-0.4, -0.2) is 0 Å². The van der Waals surface area contributed by atoms with Crippen molar-refractivity contribution >= 4 is 10.8 Å². The Morgan fingerprint density at radius 1 is 0.905 bits per heavy atom. The van der Waals surface area contributed by atoms with Gasteiger partial charge in [0.1, 0.15) is 5.82 Å². The Balaban J connectivity index is 1.76. The van der Waals surface area contributed by atoms with Crippen LogP contribution >= 0.6 is 0 Å². The third-order valence-corrected chi connectivity index (χ3v) is 3.85. The van der Waals surface area contributed by atoms with Crippen LogP contribution in [0.4, 0.5) is 4.39 Å². The smallest absolute Gasteiger partial charge is 0.123 e. The summed E-state index contributed by atoms with van der Waals surface area (Å²) in [6, 6.07) is 21.6. The van der Waals surface area contributed by atoms with Gasteiger partial charge in [-0.05, 0) is 41.0 Å². The van der Waals surface area contributed by atoms with E-state index >= 15 is 0 Å². The van der Waals surface area contributed by atoms with E-state index in [-0.39, 0.29) is 11.9 Å². The number of hydrogen-bond donors (Lipinski definition) is 1. The molecule has 1 nitrogen and oxygen atoms in total. The van der Waals surface area contributed by atoms with Gasteiger partial charge in [0, 0.05) is 12.6 Å². The Morgan fingerprint density at radius 3 is 2.43 bits per heavy atom. The summed E-state index contributed by atoms with van der Waals surface area (Å²) in [5, 5.41) is 6.04. The largest absolute Gasteiger partial charge is 0.306 e. The van der Waals surface area contributed by atoms with Crippen LogP contribution in [-0.2, 0) is 6.54 Å². The molecular weight excluding hydrogens is 261 g/mol. The molecule has 3 aromatic rings. The fourth-order valence-electron chi connectivity index (χ4n) is 2.58. The molecule has 0 saturated heterocycles. The lowest BCUT2D eigenvalue weighted by atomic mass is 10.0. The van der Waals surface area contributed by atoms with Crippen molar-refractivity contribution in [1.29, 1.82) is 0 Å². The van der Waals surface area contributed by atoms with Crippen LogP contribution in [0, 0.1) is 5.82 Å². The van der Waals surface area contributed by atoms with Gasteiger partial charge in [-0.3, -0.25) is 0 Å². The summed E-state index contributed by atoms with van der Waals surface area (Å²) >= 11 is 0. The molecule has 1 N–H and O–H groups in total. The van der Waals surface area contributed by atoms with E-state index in [0.29, 0.717) is 0 Å². The van der Waals surface area contributed by atoms with Gasteiger partial charge in [0.15, 0.2) is 0 Å². The lowest BCUT2D eigenvalue weighted by molar-refractivity contribution is 0.572. The van der Waals surface area contributed by atoms with Gasteiger partial charge in [-0.1, -0.05) is 54.6 Å². The topological polar surface area (TPSA) is 12.0 Å². The molecule has 1 atom stereocenters. The van der Waals surface area contributed by atoms with Crippen molar-refractivity contribution in [2.45, 2.75) is 19.5 Å². The van der Waals surface area contributed by atoms with Gasteiger partial charge in [-0.15, -0.1) is 0 Å². The van der Waals surface area contributed by atoms with Crippen LogP contribution in [0.1, 0.15) is 24.1 Å². The van der Waals surface area contributed by atoms with E-state index in [2.05, 4.69) is 54.7 Å². The van der Waals surface area contributed by atoms with Crippen LogP contribution in [0.5, 0.6) is 0 Å². The van der Waals surface area contributed by atoms with Gasteiger partial charge in [-0.2, -0.15) is 0 Å². The average Bonchev–Trinajstić information content (AvgIpc) is 2.53. The fourth-order valence-corrected chi connectivity index (χ4v) is 2.58. The zero-order valence-corrected chi connectivity index (χ0v) is 12.0. The van der Waals surface area contributed by atoms with Crippen molar-refractivity contribution in [3.63, 3.8) is 0 Å². The highest BCUT2D eigenvalue weighted by molar-refractivity contribution is 5.85. The molecule has 0 aliphatic heterocycles. The number of nitrogens with one attached hydrogen (secondary N) is 1. The molecule has 0 bridgehead atoms. The highest BCUT2D eigenvalue weighted by atomic mass is 19.1. The van der Waals surface area contributed by atoms with Gasteiger partial charge in [0.2, 0.25) is 0 Å². The predicted molar refractivity (Wildman–Crippen MR) is 85.6 cm³/mol. The number of rotatable bonds is 4. The summed E-state index contributed by atoms with van der Waals surface area (Å²) in [7, 11) is 0. The number of halogens is 1. The third kappa shape index (κ3) is 3.11. The molecule has 0 aromatic heterocycles. The summed E-state index contributed by atoms with van der Waals surface area (Å²) in [6.07, 6.45) is 0. The lowest BCUT2D eigenvalue weighted by Crippen LogP contribution is -2.18. The standard InChI is InChI=1S/C19H18FN/c1-14(15-9-11-18(20)12-10-15)21-13-17-7-4-6-16-5-2-3-8-19(16)17/h2-12,14,21H,13H2,1H3/t14-/m0/s1. The Hall–Kier alpha value is -2.19. The molecule has 3 rings (SSSR count). The Morgan fingerprint density at radius 2 is 1.62 bits per heavy atom. The molecule has 0 saturated carbocycles. The summed E-state index contributed by atoms with van der Waals surface area (Å²) in [5.41, 5.74) is 2.37. The second kappa shape index (κ2) is 6.06. The molecule has 0 spiro atoms. The first kappa shape index (κ1) is 13.8. The number of fused-ring (bicyclic) bond motifs is 1. The zero-order chi connectivity index (χ0) is 14.7. The molecule has 106 valence electrons. The van der Waals surface area contributed by atoms with Crippen molar-refractivity contribution in [3.05, 3.63) is 83.7 Å². The van der Waals surface area contributed by atoms with E-state index in [0.717, 1.165) is 12.1 Å². The van der Waals surface area contributed by atoms with Crippen LogP contribution in [0.3, 0.4) is 0 Å². The zero-order valence-electron chi connectivity index (χ0n) is 12.0. The van der Waals surface area contributed by atoms with Gasteiger partial charge in [0.05, 0.1) is 0 Å². The first-order valence-electron chi connectivity index (χ1n) is 7.19. The second-order valence-corrected chi connectivity index (χ2v) is 5.29. The lowest BCUT2D eigenvalue weighted by Gasteiger charge is -2.15. The van der Waals surface area contributed by atoms with Crippen molar-refractivity contribution < 1.29 is 4.39 Å². The Labute approximate surface area is 124 Å². The molecule has 0 fully saturated rings. The SMILES string of the molecule is C[C@H](NCc1cccc2ccccc12)c1ccc(F)cc1. The average molecular weight is 279 g/mol. The minimum Gasteiger partial charge on any atom is -0.306 e. The molecule has 0 aliphatic rings. The van der Waals surface area contributed by atoms with E-state index in [1.165, 1.54) is 28.5 Å². The Kier molecular flexibility index (Phi) is 3.98. The Bertz CT molecular complexity index is 729. The molecule has 0 unspecified atom stereocenters. The minimum atomic E-state index is -0.194. The molecule has 0 amide bonds. The maximum absolute atomic E-state index is 13.0. The van der Waals surface area contributed by atoms with Crippen molar-refractivity contribution in [2.75, 3.05) is 0 Å². The van der Waals surface area contributed by atoms with Gasteiger partial charge >= 0.3 is 0 Å². The van der Waals surface area contributed by atoms with Gasteiger partial charge < -0.3 is 5.32 Å². The predicted octanol–water partition coefficient (Wildman–Crippen LogP) is 4.83. The van der Waals surface area contributed by atoms with E-state index in [1.54, 1.807) is 0 Å². The van der Waals surface area contributed by atoms with Crippen LogP contribution in [0.15, 0.2) is 66.7 Å². The second-order valence-electron chi connectivity index (χ2n) is 5.29. The molecule has 2 heteroatoms. The van der Waals surface area contributed by atoms with Gasteiger partial charge in [-0.25, -0.2) is 4.39 Å². The van der Waals surface area contributed by atoms with E-state index < -0.39 is 0 Å². The molecule has 0 heterocycles. The minimum absolute atomic E-state index is 0.185. The van der Waals surface area contributed by atoms with Crippen LogP contribution < -0.4 is 5.32 Å². The van der Waals surface area contributed by atoms with Crippen LogP contribution in [0.25, 0.3) is 10.8 Å². The van der Waals surface area contributed by atoms with Crippen molar-refractivity contribution in [2.24, 2.45) is 0 Å². The van der Waals surface area contributed by atoms with Crippen LogP contribution in [0.2, 0.25) is 0 Å². The fraction of sp³-hybridized carbons (Fsp3) is 0.158. The summed E-state index contributed by atoms with van der Waals surface area (Å²) in [5.74, 6) is -0.194. The quantitative estimate of drug-likeness (QED) is 0.721. The maximum Gasteiger partial charge on any atom is 0.123 e. The first-order chi connectivity index (χ1) is 10.2. The van der Waals surface area contributed by atoms with Crippen molar-refractivity contribution in [1.82, 2.24) is 5.32 Å². The van der Waals surface area contributed by atoms with Gasteiger partial charge in [0.25, 0.3) is 0 Å². The van der Waals surface area contributed by atoms with E-state index in [1.807, 2.05) is 12.1 Å². The molecule has 0 aliphatic carbocycles. The highest BCUT2D eigenvalue weighted by Gasteiger charge is 2.06. The maximum atomic E-state index is 13.0. The van der Waals surface area contributed by atoms with Crippen molar-refractivity contribution in [3.8, 4) is 0 Å². The summed E-state index contributed by atoms with van der Waals surface area (Å²) in [6.45, 7) is 2.89. The third-order valence-electron chi connectivity index (χ3n) is 3.85. The van der Waals surface area contributed by atoms with E-state index in [9.17, 15) is 4.39 Å². The molecule has 21 heavy (non-hydrogen) atoms. The summed E-state index contributed by atoms with van der Waals surface area (Å²) < 4.78 is 13.0. The van der Waals surface area contributed by atoms with E-state index in [4.69, 9.17) is 0 Å². The molecule has 0 radical (unpaired) electrons. The molecular formula is C19H18FN. The molecule has 3 aromatic carbocycles. The summed E-state index contributed by atoms with van der Waals surface area (Å²) in [4.78, 5) is 0. The highest BCUT2D eigenvalue weighted by Crippen LogP contribution is 2.20.